The standard InChI is InChI=1S/C14H13FN2O3S/c1-2-8-7-9(13(18)19)12(21-8)17-14(20)16-11-6-4-3-5-10(11)15/h3-7H,2H2,1H3,(H,18,19)(H2,16,17,20). The van der Waals surface area contributed by atoms with E-state index in [9.17, 15) is 14.0 Å². The van der Waals surface area contributed by atoms with Gasteiger partial charge in [0.2, 0.25) is 0 Å². The minimum Gasteiger partial charge on any atom is -0.478 e. The van der Waals surface area contributed by atoms with E-state index in [0.29, 0.717) is 6.42 Å². The number of benzene rings is 1. The average molecular weight is 308 g/mol. The van der Waals surface area contributed by atoms with Gasteiger partial charge in [0.15, 0.2) is 0 Å². The first-order valence-electron chi connectivity index (χ1n) is 6.19. The molecule has 0 radical (unpaired) electrons. The van der Waals surface area contributed by atoms with Crippen LogP contribution < -0.4 is 10.6 Å². The molecule has 21 heavy (non-hydrogen) atoms. The van der Waals surface area contributed by atoms with Gasteiger partial charge in [-0.05, 0) is 24.6 Å². The van der Waals surface area contributed by atoms with E-state index in [1.165, 1.54) is 35.6 Å². The number of anilines is 2. The Bertz CT molecular complexity index is 685. The first-order valence-corrected chi connectivity index (χ1v) is 7.01. The zero-order valence-corrected chi connectivity index (χ0v) is 12.0. The average Bonchev–Trinajstić information content (AvgIpc) is 2.84. The molecule has 1 aromatic carbocycles. The van der Waals surface area contributed by atoms with Crippen molar-refractivity contribution < 1.29 is 19.1 Å². The molecule has 0 bridgehead atoms. The largest absolute Gasteiger partial charge is 0.478 e. The van der Waals surface area contributed by atoms with Crippen LogP contribution >= 0.6 is 11.3 Å². The molecule has 7 heteroatoms. The lowest BCUT2D eigenvalue weighted by molar-refractivity contribution is 0.0698. The minimum atomic E-state index is -1.12. The molecule has 2 rings (SSSR count). The second-order valence-corrected chi connectivity index (χ2v) is 5.31. The van der Waals surface area contributed by atoms with Gasteiger partial charge in [-0.15, -0.1) is 11.3 Å². The fourth-order valence-corrected chi connectivity index (χ4v) is 2.67. The van der Waals surface area contributed by atoms with E-state index < -0.39 is 17.8 Å². The number of hydrogen-bond donors (Lipinski definition) is 3. The molecule has 2 aromatic rings. The molecule has 0 aliphatic heterocycles. The number of thiophene rings is 1. The third kappa shape index (κ3) is 3.57. The minimum absolute atomic E-state index is 0.0270. The van der Waals surface area contributed by atoms with E-state index in [-0.39, 0.29) is 16.3 Å². The smallest absolute Gasteiger partial charge is 0.338 e. The van der Waals surface area contributed by atoms with Crippen LogP contribution in [0.5, 0.6) is 0 Å². The molecule has 0 saturated carbocycles. The van der Waals surface area contributed by atoms with E-state index in [0.717, 1.165) is 4.88 Å². The first kappa shape index (κ1) is 15.0. The quantitative estimate of drug-likeness (QED) is 0.804. The highest BCUT2D eigenvalue weighted by Gasteiger charge is 2.17. The van der Waals surface area contributed by atoms with Gasteiger partial charge in [0.1, 0.15) is 10.8 Å². The molecule has 2 amide bonds. The van der Waals surface area contributed by atoms with Crippen LogP contribution in [-0.4, -0.2) is 17.1 Å². The van der Waals surface area contributed by atoms with Gasteiger partial charge in [-0.3, -0.25) is 5.32 Å². The summed E-state index contributed by atoms with van der Waals surface area (Å²) < 4.78 is 13.4. The maximum absolute atomic E-state index is 13.4. The number of carbonyl (C=O) groups excluding carboxylic acids is 1. The summed E-state index contributed by atoms with van der Waals surface area (Å²) in [6.45, 7) is 1.89. The van der Waals surface area contributed by atoms with Gasteiger partial charge in [0.05, 0.1) is 11.3 Å². The molecule has 110 valence electrons. The van der Waals surface area contributed by atoms with Gasteiger partial charge in [-0.2, -0.15) is 0 Å². The summed E-state index contributed by atoms with van der Waals surface area (Å²) in [7, 11) is 0. The Morgan fingerprint density at radius 1 is 1.29 bits per heavy atom. The highest BCUT2D eigenvalue weighted by molar-refractivity contribution is 7.16. The number of hydrogen-bond acceptors (Lipinski definition) is 3. The predicted molar refractivity (Wildman–Crippen MR) is 79.7 cm³/mol. The lowest BCUT2D eigenvalue weighted by atomic mass is 10.2. The van der Waals surface area contributed by atoms with Crippen LogP contribution in [0.2, 0.25) is 0 Å². The van der Waals surface area contributed by atoms with E-state index in [2.05, 4.69) is 10.6 Å². The highest BCUT2D eigenvalue weighted by atomic mass is 32.1. The maximum Gasteiger partial charge on any atom is 0.338 e. The van der Waals surface area contributed by atoms with Crippen LogP contribution in [0, 0.1) is 5.82 Å². The van der Waals surface area contributed by atoms with Gasteiger partial charge in [0, 0.05) is 4.88 Å². The van der Waals surface area contributed by atoms with Crippen molar-refractivity contribution in [3.05, 3.63) is 46.6 Å². The van der Waals surface area contributed by atoms with Crippen LogP contribution in [0.4, 0.5) is 19.9 Å². The van der Waals surface area contributed by atoms with Crippen LogP contribution in [0.15, 0.2) is 30.3 Å². The number of aromatic carboxylic acids is 1. The summed E-state index contributed by atoms with van der Waals surface area (Å²) >= 11 is 1.18. The van der Waals surface area contributed by atoms with Crippen molar-refractivity contribution in [1.82, 2.24) is 0 Å². The Morgan fingerprint density at radius 2 is 2.00 bits per heavy atom. The molecule has 5 nitrogen and oxygen atoms in total. The van der Waals surface area contributed by atoms with Crippen LogP contribution in [0.3, 0.4) is 0 Å². The zero-order chi connectivity index (χ0) is 15.4. The van der Waals surface area contributed by atoms with Crippen LogP contribution in [0.25, 0.3) is 0 Å². The SMILES string of the molecule is CCc1cc(C(=O)O)c(NC(=O)Nc2ccccc2F)s1. The lowest BCUT2D eigenvalue weighted by Crippen LogP contribution is -2.20. The lowest BCUT2D eigenvalue weighted by Gasteiger charge is -2.07. The summed E-state index contributed by atoms with van der Waals surface area (Å²) in [5, 5.41) is 14.1. The number of amides is 2. The summed E-state index contributed by atoms with van der Waals surface area (Å²) in [5.74, 6) is -1.68. The van der Waals surface area contributed by atoms with Crippen molar-refractivity contribution in [2.75, 3.05) is 10.6 Å². The molecule has 0 spiro atoms. The second kappa shape index (κ2) is 6.36. The molecule has 0 atom stereocenters. The van der Waals surface area contributed by atoms with Gasteiger partial charge in [0.25, 0.3) is 0 Å². The third-order valence-corrected chi connectivity index (χ3v) is 3.91. The van der Waals surface area contributed by atoms with Gasteiger partial charge in [-0.25, -0.2) is 14.0 Å². The fourth-order valence-electron chi connectivity index (χ4n) is 1.69. The molecule has 3 N–H and O–H groups in total. The van der Waals surface area contributed by atoms with Crippen molar-refractivity contribution in [3.63, 3.8) is 0 Å². The monoisotopic (exact) mass is 308 g/mol. The summed E-state index contributed by atoms with van der Waals surface area (Å²) in [4.78, 5) is 23.8. The van der Waals surface area contributed by atoms with E-state index in [1.807, 2.05) is 6.92 Å². The number of urea groups is 1. The van der Waals surface area contributed by atoms with Gasteiger partial charge < -0.3 is 10.4 Å². The zero-order valence-electron chi connectivity index (χ0n) is 11.1. The number of rotatable bonds is 4. The Hall–Kier alpha value is -2.41. The van der Waals surface area contributed by atoms with E-state index in [4.69, 9.17) is 5.11 Å². The van der Waals surface area contributed by atoms with Gasteiger partial charge in [-0.1, -0.05) is 19.1 Å². The number of para-hydroxylation sites is 1. The number of carboxylic acid groups (broad SMARTS) is 1. The Labute approximate surface area is 124 Å². The molecular formula is C14H13FN2O3S. The van der Waals surface area contributed by atoms with E-state index in [1.54, 1.807) is 6.07 Å². The molecule has 0 aliphatic rings. The summed E-state index contributed by atoms with van der Waals surface area (Å²) in [5.41, 5.74) is 0.0553. The predicted octanol–water partition coefficient (Wildman–Crippen LogP) is 3.79. The van der Waals surface area contributed by atoms with E-state index >= 15 is 0 Å². The molecule has 0 saturated heterocycles. The van der Waals surface area contributed by atoms with Crippen molar-refractivity contribution >= 4 is 34.0 Å². The maximum atomic E-state index is 13.4. The number of carbonyl (C=O) groups is 2. The number of halogens is 1. The molecule has 0 unspecified atom stereocenters. The van der Waals surface area contributed by atoms with Crippen molar-refractivity contribution in [3.8, 4) is 0 Å². The molecule has 1 heterocycles. The Morgan fingerprint density at radius 3 is 2.62 bits per heavy atom. The topological polar surface area (TPSA) is 78.4 Å². The summed E-state index contributed by atoms with van der Waals surface area (Å²) in [6, 6.07) is 6.56. The Balaban J connectivity index is 2.14. The number of aryl methyl sites for hydroxylation is 1. The number of carboxylic acids is 1. The molecular weight excluding hydrogens is 295 g/mol. The first-order chi connectivity index (χ1) is 10.0. The molecule has 1 aromatic heterocycles. The van der Waals surface area contributed by atoms with Gasteiger partial charge >= 0.3 is 12.0 Å². The molecule has 0 fully saturated rings. The normalized spacial score (nSPS) is 10.2. The fraction of sp³-hybridized carbons (Fsp3) is 0.143. The summed E-state index contributed by atoms with van der Waals surface area (Å²) in [6.07, 6.45) is 0.668. The second-order valence-electron chi connectivity index (χ2n) is 4.17. The van der Waals surface area contributed by atoms with Crippen molar-refractivity contribution in [2.24, 2.45) is 0 Å². The third-order valence-electron chi connectivity index (χ3n) is 2.71. The van der Waals surface area contributed by atoms with Crippen LogP contribution in [0.1, 0.15) is 22.2 Å². The molecule has 0 aliphatic carbocycles. The highest BCUT2D eigenvalue weighted by Crippen LogP contribution is 2.28. The van der Waals surface area contributed by atoms with Crippen molar-refractivity contribution in [1.29, 1.82) is 0 Å². The number of nitrogens with one attached hydrogen (secondary N) is 2. The Kier molecular flexibility index (Phi) is 4.54. The van der Waals surface area contributed by atoms with Crippen molar-refractivity contribution in [2.45, 2.75) is 13.3 Å². The van der Waals surface area contributed by atoms with Crippen LogP contribution in [-0.2, 0) is 6.42 Å².